The van der Waals surface area contributed by atoms with Gasteiger partial charge in [-0.05, 0) is 96.1 Å². The molecule has 0 atom stereocenters. The zero-order valence-electron chi connectivity index (χ0n) is 35.0. The zero-order valence-corrected chi connectivity index (χ0v) is 35.0. The minimum atomic E-state index is 0.588. The number of para-hydroxylation sites is 2. The fourth-order valence-electron chi connectivity index (χ4n) is 8.73. The summed E-state index contributed by atoms with van der Waals surface area (Å²) in [6.45, 7) is 0. The highest BCUT2D eigenvalue weighted by molar-refractivity contribution is 6.13. The average Bonchev–Trinajstić information content (AvgIpc) is 3.95. The van der Waals surface area contributed by atoms with Crippen molar-refractivity contribution < 1.29 is 4.42 Å². The Morgan fingerprint density at radius 2 is 0.831 bits per heavy atom. The Labute approximate surface area is 375 Å². The van der Waals surface area contributed by atoms with Crippen molar-refractivity contribution in [3.63, 3.8) is 0 Å². The van der Waals surface area contributed by atoms with Crippen molar-refractivity contribution in [3.8, 4) is 62.4 Å². The highest BCUT2D eigenvalue weighted by Gasteiger charge is 2.20. The predicted molar refractivity (Wildman–Crippen MR) is 264 cm³/mol. The molecule has 9 aromatic carbocycles. The van der Waals surface area contributed by atoms with E-state index in [1.54, 1.807) is 0 Å². The highest BCUT2D eigenvalue weighted by Crippen LogP contribution is 2.40. The molecule has 0 radical (unpaired) electrons. The SMILES string of the molecule is c1ccc(-c2nc(-c3ccccc3)nc(-c3cccc(-n4c5ccc(-c6ccc(N(c7ccccc7)c7ccccc7)cc6)cc5c5cc6oc(-c7ccccc7)nc6cc54)c3)n2)cc1. The molecule has 0 bridgehead atoms. The lowest BCUT2D eigenvalue weighted by atomic mass is 10.0. The van der Waals surface area contributed by atoms with E-state index < -0.39 is 0 Å². The number of oxazole rings is 1. The summed E-state index contributed by atoms with van der Waals surface area (Å²) in [6, 6.07) is 79.4. The Hall–Kier alpha value is -8.94. The molecule has 0 amide bonds. The summed E-state index contributed by atoms with van der Waals surface area (Å²) in [6.07, 6.45) is 0. The van der Waals surface area contributed by atoms with Gasteiger partial charge in [0.15, 0.2) is 23.1 Å². The number of benzene rings is 9. The molecular formula is C58H38N6O. The largest absolute Gasteiger partial charge is 0.436 e. The quantitative estimate of drug-likeness (QED) is 0.144. The summed E-state index contributed by atoms with van der Waals surface area (Å²) in [5.74, 6) is 2.42. The van der Waals surface area contributed by atoms with E-state index in [0.717, 1.165) is 89.0 Å². The molecule has 0 saturated carbocycles. The first-order chi connectivity index (χ1) is 32.2. The third-order valence-electron chi connectivity index (χ3n) is 11.8. The van der Waals surface area contributed by atoms with E-state index in [9.17, 15) is 0 Å². The molecule has 3 aromatic heterocycles. The van der Waals surface area contributed by atoms with Crippen LogP contribution in [0.15, 0.2) is 235 Å². The zero-order chi connectivity index (χ0) is 43.1. The van der Waals surface area contributed by atoms with Crippen LogP contribution in [0.3, 0.4) is 0 Å². The molecule has 7 nitrogen and oxygen atoms in total. The third kappa shape index (κ3) is 7.07. The van der Waals surface area contributed by atoms with Crippen LogP contribution in [0.5, 0.6) is 0 Å². The maximum atomic E-state index is 6.47. The smallest absolute Gasteiger partial charge is 0.227 e. The van der Waals surface area contributed by atoms with Crippen LogP contribution in [0.25, 0.3) is 95.3 Å². The molecule has 306 valence electrons. The molecule has 0 unspecified atom stereocenters. The number of anilines is 3. The first kappa shape index (κ1) is 37.8. The molecule has 65 heavy (non-hydrogen) atoms. The monoisotopic (exact) mass is 834 g/mol. The van der Waals surface area contributed by atoms with Gasteiger partial charge in [0.05, 0.1) is 11.0 Å². The molecule has 7 heteroatoms. The molecule has 0 aliphatic carbocycles. The first-order valence-electron chi connectivity index (χ1n) is 21.6. The second kappa shape index (κ2) is 16.1. The molecule has 12 aromatic rings. The van der Waals surface area contributed by atoms with Crippen molar-refractivity contribution in [3.05, 3.63) is 231 Å². The lowest BCUT2D eigenvalue weighted by molar-refractivity contribution is 0.620. The van der Waals surface area contributed by atoms with Crippen LogP contribution in [0.1, 0.15) is 0 Å². The minimum absolute atomic E-state index is 0.588. The number of nitrogens with zero attached hydrogens (tertiary/aromatic N) is 6. The van der Waals surface area contributed by atoms with Crippen LogP contribution >= 0.6 is 0 Å². The summed E-state index contributed by atoms with van der Waals surface area (Å²) < 4.78 is 8.79. The molecule has 0 aliphatic heterocycles. The molecule has 0 fully saturated rings. The Bertz CT molecular complexity index is 3530. The summed E-state index contributed by atoms with van der Waals surface area (Å²) in [4.78, 5) is 22.3. The van der Waals surface area contributed by atoms with Gasteiger partial charge in [-0.25, -0.2) is 19.9 Å². The topological polar surface area (TPSA) is 72.9 Å². The Balaban J connectivity index is 1.01. The van der Waals surface area contributed by atoms with E-state index >= 15 is 0 Å². The molecule has 12 rings (SSSR count). The van der Waals surface area contributed by atoms with Crippen molar-refractivity contribution in [1.82, 2.24) is 24.5 Å². The minimum Gasteiger partial charge on any atom is -0.436 e. The highest BCUT2D eigenvalue weighted by atomic mass is 16.3. The van der Waals surface area contributed by atoms with E-state index in [2.05, 4.69) is 137 Å². The fraction of sp³-hybridized carbons (Fsp3) is 0. The van der Waals surface area contributed by atoms with Crippen molar-refractivity contribution in [2.24, 2.45) is 0 Å². The summed E-state index contributed by atoms with van der Waals surface area (Å²) >= 11 is 0. The first-order valence-corrected chi connectivity index (χ1v) is 21.6. The van der Waals surface area contributed by atoms with Crippen LogP contribution in [0.2, 0.25) is 0 Å². The van der Waals surface area contributed by atoms with E-state index in [0.29, 0.717) is 23.4 Å². The van der Waals surface area contributed by atoms with Gasteiger partial charge in [-0.1, -0.05) is 146 Å². The lowest BCUT2D eigenvalue weighted by Crippen LogP contribution is -2.09. The second-order valence-corrected chi connectivity index (χ2v) is 15.9. The second-order valence-electron chi connectivity index (χ2n) is 15.9. The van der Waals surface area contributed by atoms with Crippen molar-refractivity contribution >= 4 is 50.0 Å². The molecule has 0 N–H and O–H groups in total. The van der Waals surface area contributed by atoms with Crippen LogP contribution in [0.4, 0.5) is 17.1 Å². The van der Waals surface area contributed by atoms with Gasteiger partial charge in [0, 0.05) is 55.8 Å². The molecule has 0 spiro atoms. The van der Waals surface area contributed by atoms with Gasteiger partial charge in [-0.15, -0.1) is 0 Å². The molecule has 3 heterocycles. The Kier molecular flexibility index (Phi) is 9.34. The molecular weight excluding hydrogens is 797 g/mol. The van der Waals surface area contributed by atoms with Crippen LogP contribution in [0, 0.1) is 0 Å². The predicted octanol–water partition coefficient (Wildman–Crippen LogP) is 14.9. The van der Waals surface area contributed by atoms with E-state index in [-0.39, 0.29) is 0 Å². The van der Waals surface area contributed by atoms with Crippen molar-refractivity contribution in [2.75, 3.05) is 4.90 Å². The van der Waals surface area contributed by atoms with Crippen molar-refractivity contribution in [2.45, 2.75) is 0 Å². The normalized spacial score (nSPS) is 11.4. The molecule has 0 saturated heterocycles. The van der Waals surface area contributed by atoms with E-state index in [4.69, 9.17) is 24.4 Å². The maximum Gasteiger partial charge on any atom is 0.227 e. The Morgan fingerprint density at radius 3 is 1.43 bits per heavy atom. The summed E-state index contributed by atoms with van der Waals surface area (Å²) in [7, 11) is 0. The average molecular weight is 835 g/mol. The van der Waals surface area contributed by atoms with Gasteiger partial charge in [0.25, 0.3) is 0 Å². The van der Waals surface area contributed by atoms with Gasteiger partial charge in [-0.2, -0.15) is 0 Å². The van der Waals surface area contributed by atoms with E-state index in [1.165, 1.54) is 0 Å². The maximum absolute atomic E-state index is 6.47. The van der Waals surface area contributed by atoms with Gasteiger partial charge >= 0.3 is 0 Å². The fourth-order valence-corrected chi connectivity index (χ4v) is 8.73. The third-order valence-corrected chi connectivity index (χ3v) is 11.8. The summed E-state index contributed by atoms with van der Waals surface area (Å²) in [5.41, 5.74) is 13.7. The Morgan fingerprint density at radius 1 is 0.338 bits per heavy atom. The number of fused-ring (bicyclic) bond motifs is 4. The van der Waals surface area contributed by atoms with Gasteiger partial charge in [0.2, 0.25) is 5.89 Å². The van der Waals surface area contributed by atoms with Gasteiger partial charge in [0.1, 0.15) is 5.52 Å². The van der Waals surface area contributed by atoms with Crippen LogP contribution < -0.4 is 4.90 Å². The number of hydrogen-bond acceptors (Lipinski definition) is 6. The van der Waals surface area contributed by atoms with Crippen LogP contribution in [-0.2, 0) is 0 Å². The van der Waals surface area contributed by atoms with Gasteiger partial charge < -0.3 is 13.9 Å². The number of rotatable bonds is 9. The molecule has 0 aliphatic rings. The van der Waals surface area contributed by atoms with E-state index in [1.807, 2.05) is 103 Å². The van der Waals surface area contributed by atoms with Crippen LogP contribution in [-0.4, -0.2) is 24.5 Å². The van der Waals surface area contributed by atoms with Crippen molar-refractivity contribution in [1.29, 1.82) is 0 Å². The number of hydrogen-bond donors (Lipinski definition) is 0. The van der Waals surface area contributed by atoms with Gasteiger partial charge in [-0.3, -0.25) is 0 Å². The summed E-state index contributed by atoms with van der Waals surface area (Å²) in [5, 5.41) is 2.16. The standard InChI is InChI=1S/C58H38N6O/c1-6-17-40(18-7-1)55-60-56(41-19-8-2-9-20-41)62-57(61-55)44-23-16-28-48(35-44)64-52-34-31-43(36-49(52)50-37-54-51(38-53(50)64)59-58(65-54)42-21-10-3-11-22-42)39-29-32-47(33-30-39)63(45-24-12-4-13-25-45)46-26-14-5-15-27-46/h1-38H. The lowest BCUT2D eigenvalue weighted by Gasteiger charge is -2.25. The number of aromatic nitrogens is 5.